The number of hydrogen-bond donors (Lipinski definition) is 1. The molecule has 3 rings (SSSR count). The fourth-order valence-electron chi connectivity index (χ4n) is 2.82. The van der Waals surface area contributed by atoms with Crippen molar-refractivity contribution in [2.75, 3.05) is 37.6 Å². The van der Waals surface area contributed by atoms with Crippen LogP contribution < -0.4 is 4.90 Å². The summed E-state index contributed by atoms with van der Waals surface area (Å²) in [5.41, 5.74) is 0. The molecule has 0 aliphatic carbocycles. The van der Waals surface area contributed by atoms with Gasteiger partial charge in [-0.3, -0.25) is 4.90 Å². The lowest BCUT2D eigenvalue weighted by Crippen LogP contribution is -2.48. The van der Waals surface area contributed by atoms with E-state index in [1.807, 2.05) is 25.3 Å². The third-order valence-corrected chi connectivity index (χ3v) is 4.16. The van der Waals surface area contributed by atoms with Gasteiger partial charge in [-0.05, 0) is 6.42 Å². The summed E-state index contributed by atoms with van der Waals surface area (Å²) < 4.78 is 0. The Bertz CT molecular complexity index is 590. The van der Waals surface area contributed by atoms with Crippen LogP contribution in [0.25, 0.3) is 10.8 Å². The highest BCUT2D eigenvalue weighted by Crippen LogP contribution is 2.24. The predicted molar refractivity (Wildman–Crippen MR) is 84.5 cm³/mol. The van der Waals surface area contributed by atoms with Crippen LogP contribution in [0.5, 0.6) is 0 Å². The Morgan fingerprint density at radius 3 is 2.71 bits per heavy atom. The maximum Gasteiger partial charge on any atom is 0.159 e. The van der Waals surface area contributed by atoms with Gasteiger partial charge >= 0.3 is 0 Å². The first-order valence-electron chi connectivity index (χ1n) is 7.63. The normalized spacial score (nSPS) is 18.1. The Labute approximate surface area is 125 Å². The molecule has 112 valence electrons. The minimum atomic E-state index is -0.214. The van der Waals surface area contributed by atoms with Crippen LogP contribution in [-0.4, -0.2) is 59.0 Å². The summed E-state index contributed by atoms with van der Waals surface area (Å²) in [6.45, 7) is 6.57. The molecule has 1 aromatic carbocycles. The monoisotopic (exact) mass is 286 g/mol. The van der Waals surface area contributed by atoms with E-state index in [9.17, 15) is 5.11 Å². The molecule has 1 aliphatic heterocycles. The largest absolute Gasteiger partial charge is 0.392 e. The zero-order chi connectivity index (χ0) is 14.7. The molecule has 5 heteroatoms. The summed E-state index contributed by atoms with van der Waals surface area (Å²) in [5, 5.41) is 20.5. The van der Waals surface area contributed by atoms with Crippen molar-refractivity contribution in [3.63, 3.8) is 0 Å². The molecule has 2 heterocycles. The smallest absolute Gasteiger partial charge is 0.159 e. The summed E-state index contributed by atoms with van der Waals surface area (Å²) >= 11 is 0. The summed E-state index contributed by atoms with van der Waals surface area (Å²) in [6.07, 6.45) is 2.41. The standard InChI is InChI=1S/C16H22N4O/c1-2-14(21)12-19-7-9-20(10-8-19)16-15-6-4-3-5-13(15)11-17-18-16/h3-6,11,14,21H,2,7-10,12H2,1H3. The van der Waals surface area contributed by atoms with Gasteiger partial charge in [0.2, 0.25) is 0 Å². The number of hydrogen-bond acceptors (Lipinski definition) is 5. The van der Waals surface area contributed by atoms with Crippen molar-refractivity contribution >= 4 is 16.6 Å². The quantitative estimate of drug-likeness (QED) is 0.923. The molecule has 0 spiro atoms. The summed E-state index contributed by atoms with van der Waals surface area (Å²) in [5.74, 6) is 0.976. The van der Waals surface area contributed by atoms with Crippen molar-refractivity contribution in [2.24, 2.45) is 0 Å². The van der Waals surface area contributed by atoms with E-state index in [0.717, 1.165) is 55.7 Å². The molecule has 0 radical (unpaired) electrons. The van der Waals surface area contributed by atoms with E-state index in [1.165, 1.54) is 0 Å². The predicted octanol–water partition coefficient (Wildman–Crippen LogP) is 1.52. The third-order valence-electron chi connectivity index (χ3n) is 4.16. The van der Waals surface area contributed by atoms with E-state index >= 15 is 0 Å². The van der Waals surface area contributed by atoms with Crippen molar-refractivity contribution in [2.45, 2.75) is 19.4 Å². The van der Waals surface area contributed by atoms with Gasteiger partial charge in [0.15, 0.2) is 5.82 Å². The van der Waals surface area contributed by atoms with Crippen LogP contribution >= 0.6 is 0 Å². The van der Waals surface area contributed by atoms with Crippen molar-refractivity contribution in [1.29, 1.82) is 0 Å². The molecule has 5 nitrogen and oxygen atoms in total. The lowest BCUT2D eigenvalue weighted by Gasteiger charge is -2.36. The molecular formula is C16H22N4O. The topological polar surface area (TPSA) is 52.5 Å². The molecular weight excluding hydrogens is 264 g/mol. The number of aliphatic hydroxyl groups excluding tert-OH is 1. The van der Waals surface area contributed by atoms with E-state index in [1.54, 1.807) is 0 Å². The van der Waals surface area contributed by atoms with Crippen LogP contribution in [0.3, 0.4) is 0 Å². The second kappa shape index (κ2) is 6.37. The van der Waals surface area contributed by atoms with Gasteiger partial charge in [-0.25, -0.2) is 0 Å². The Kier molecular flexibility index (Phi) is 4.31. The highest BCUT2D eigenvalue weighted by molar-refractivity contribution is 5.91. The molecule has 1 aliphatic rings. The number of nitrogens with zero attached hydrogens (tertiary/aromatic N) is 4. The van der Waals surface area contributed by atoms with Crippen LogP contribution in [-0.2, 0) is 0 Å². The molecule has 2 aromatic rings. The van der Waals surface area contributed by atoms with Crippen LogP contribution in [0.2, 0.25) is 0 Å². The average molecular weight is 286 g/mol. The number of anilines is 1. The van der Waals surface area contributed by atoms with Gasteiger partial charge in [0.1, 0.15) is 0 Å². The Balaban J connectivity index is 1.71. The van der Waals surface area contributed by atoms with Gasteiger partial charge in [0.25, 0.3) is 0 Å². The van der Waals surface area contributed by atoms with Crippen LogP contribution in [0.4, 0.5) is 5.82 Å². The maximum absolute atomic E-state index is 9.76. The second-order valence-electron chi connectivity index (χ2n) is 5.61. The van der Waals surface area contributed by atoms with E-state index in [0.29, 0.717) is 0 Å². The summed E-state index contributed by atoms with van der Waals surface area (Å²) in [4.78, 5) is 4.62. The Morgan fingerprint density at radius 2 is 1.95 bits per heavy atom. The van der Waals surface area contributed by atoms with E-state index in [2.05, 4.69) is 32.1 Å². The summed E-state index contributed by atoms with van der Waals surface area (Å²) in [6, 6.07) is 8.24. The number of fused-ring (bicyclic) bond motifs is 1. The first kappa shape index (κ1) is 14.2. The second-order valence-corrected chi connectivity index (χ2v) is 5.61. The first-order chi connectivity index (χ1) is 10.3. The van der Waals surface area contributed by atoms with Gasteiger partial charge in [0.05, 0.1) is 12.3 Å². The zero-order valence-electron chi connectivity index (χ0n) is 12.4. The Morgan fingerprint density at radius 1 is 1.19 bits per heavy atom. The van der Waals surface area contributed by atoms with E-state index in [4.69, 9.17) is 0 Å². The molecule has 1 saturated heterocycles. The number of aromatic nitrogens is 2. The van der Waals surface area contributed by atoms with Gasteiger partial charge in [-0.15, -0.1) is 5.10 Å². The zero-order valence-corrected chi connectivity index (χ0v) is 12.4. The molecule has 1 unspecified atom stereocenters. The highest BCUT2D eigenvalue weighted by atomic mass is 16.3. The molecule has 21 heavy (non-hydrogen) atoms. The maximum atomic E-state index is 9.76. The lowest BCUT2D eigenvalue weighted by molar-refractivity contribution is 0.106. The first-order valence-corrected chi connectivity index (χ1v) is 7.63. The van der Waals surface area contributed by atoms with Crippen LogP contribution in [0.15, 0.2) is 30.5 Å². The molecule has 1 fully saturated rings. The number of β-amino-alcohol motifs (C(OH)–C–C–N with tert-alkyl or cyclic N) is 1. The molecule has 0 amide bonds. The molecule has 0 bridgehead atoms. The molecule has 1 N–H and O–H groups in total. The SMILES string of the molecule is CCC(O)CN1CCN(c2nncc3ccccc23)CC1. The average Bonchev–Trinajstić information content (AvgIpc) is 2.55. The van der Waals surface area contributed by atoms with Gasteiger partial charge < -0.3 is 10.0 Å². The number of aliphatic hydroxyl groups is 1. The summed E-state index contributed by atoms with van der Waals surface area (Å²) in [7, 11) is 0. The number of piperazine rings is 1. The van der Waals surface area contributed by atoms with Crippen molar-refractivity contribution in [1.82, 2.24) is 15.1 Å². The third kappa shape index (κ3) is 3.14. The van der Waals surface area contributed by atoms with Gasteiger partial charge in [-0.2, -0.15) is 5.10 Å². The molecule has 1 atom stereocenters. The lowest BCUT2D eigenvalue weighted by atomic mass is 10.1. The fraction of sp³-hybridized carbons (Fsp3) is 0.500. The van der Waals surface area contributed by atoms with E-state index < -0.39 is 0 Å². The number of rotatable bonds is 4. The molecule has 0 saturated carbocycles. The van der Waals surface area contributed by atoms with Crippen LogP contribution in [0.1, 0.15) is 13.3 Å². The minimum absolute atomic E-state index is 0.214. The van der Waals surface area contributed by atoms with Gasteiger partial charge in [0, 0.05) is 43.5 Å². The van der Waals surface area contributed by atoms with Crippen molar-refractivity contribution in [3.8, 4) is 0 Å². The molecule has 1 aromatic heterocycles. The van der Waals surface area contributed by atoms with E-state index in [-0.39, 0.29) is 6.10 Å². The minimum Gasteiger partial charge on any atom is -0.392 e. The van der Waals surface area contributed by atoms with Crippen molar-refractivity contribution in [3.05, 3.63) is 30.5 Å². The van der Waals surface area contributed by atoms with Crippen molar-refractivity contribution < 1.29 is 5.11 Å². The van der Waals surface area contributed by atoms with Gasteiger partial charge in [-0.1, -0.05) is 31.2 Å². The van der Waals surface area contributed by atoms with Crippen LogP contribution in [0, 0.1) is 0 Å². The number of benzene rings is 1. The Hall–Kier alpha value is -1.72. The highest BCUT2D eigenvalue weighted by Gasteiger charge is 2.21. The fourth-order valence-corrected chi connectivity index (χ4v) is 2.82.